The van der Waals surface area contributed by atoms with Gasteiger partial charge in [-0.2, -0.15) is 18.4 Å². The number of ether oxygens (including phenoxy) is 1. The number of carbonyl (C=O) groups is 1. The second-order valence-electron chi connectivity index (χ2n) is 10.4. The summed E-state index contributed by atoms with van der Waals surface area (Å²) in [4.78, 5) is 27.9. The largest absolute Gasteiger partial charge is 0.748 e. The number of halogens is 3. The first kappa shape index (κ1) is 34.6. The summed E-state index contributed by atoms with van der Waals surface area (Å²) < 4.78 is 76.4. The first-order valence-electron chi connectivity index (χ1n) is 13.9. The van der Waals surface area contributed by atoms with E-state index in [9.17, 15) is 28.0 Å². The molecule has 0 spiro atoms. The molecule has 0 aliphatic carbocycles. The Labute approximate surface area is 267 Å². The third-order valence-electron chi connectivity index (χ3n) is 7.19. The summed E-state index contributed by atoms with van der Waals surface area (Å²) >= 11 is 0. The van der Waals surface area contributed by atoms with Crippen LogP contribution in [0.25, 0.3) is 0 Å². The van der Waals surface area contributed by atoms with E-state index in [4.69, 9.17) is 17.7 Å². The zero-order valence-corrected chi connectivity index (χ0v) is 26.2. The van der Waals surface area contributed by atoms with Crippen LogP contribution in [0, 0.1) is 11.3 Å². The van der Waals surface area contributed by atoms with Crippen molar-refractivity contribution < 1.29 is 40.2 Å². The van der Waals surface area contributed by atoms with E-state index in [0.29, 0.717) is 36.8 Å². The molecule has 1 unspecified atom stereocenters. The van der Waals surface area contributed by atoms with Crippen LogP contribution in [-0.4, -0.2) is 47.1 Å². The third-order valence-corrected chi connectivity index (χ3v) is 7.19. The Bertz CT molecular complexity index is 2010. The second kappa shape index (κ2) is 14.0. The van der Waals surface area contributed by atoms with Gasteiger partial charge < -0.3 is 9.29 Å². The first-order chi connectivity index (χ1) is 22.1. The third kappa shape index (κ3) is 8.12. The molecule has 3 heterocycles. The van der Waals surface area contributed by atoms with Gasteiger partial charge in [-0.25, -0.2) is 32.2 Å². The van der Waals surface area contributed by atoms with Crippen molar-refractivity contribution in [3.8, 4) is 6.07 Å². The predicted molar refractivity (Wildman–Crippen MR) is 161 cm³/mol. The molecule has 4 aromatic rings. The molecule has 12 nitrogen and oxygen atoms in total. The highest BCUT2D eigenvalue weighted by atomic mass is 32.2. The molecule has 5 rings (SSSR count). The average Bonchev–Trinajstić information content (AvgIpc) is 3.40. The SMILES string of the molecule is COC(=O)C1=C(C)N(c2cccc(C(F)(F)F)c2)c2n[nH]c(=O)n2C1c1ccc(C#N)cc1CCC[n+]1ccccc1.CS(=O)(=O)[O-]. The number of aryl methyl sites for hydroxylation is 2. The number of anilines is 2. The van der Waals surface area contributed by atoms with E-state index >= 15 is 0 Å². The number of esters is 1. The van der Waals surface area contributed by atoms with Crippen LogP contribution >= 0.6 is 0 Å². The molecule has 1 N–H and O–H groups in total. The van der Waals surface area contributed by atoms with Gasteiger partial charge in [-0.3, -0.25) is 4.90 Å². The lowest BCUT2D eigenvalue weighted by molar-refractivity contribution is -0.697. The Hall–Kier alpha value is -5.27. The van der Waals surface area contributed by atoms with E-state index in [-0.39, 0.29) is 22.9 Å². The molecule has 47 heavy (non-hydrogen) atoms. The van der Waals surface area contributed by atoms with Crippen LogP contribution in [0.3, 0.4) is 0 Å². The molecule has 1 aliphatic heterocycles. The number of carbonyl (C=O) groups excluding carboxylic acids is 1. The number of allylic oxidation sites excluding steroid dienone is 1. The van der Waals surface area contributed by atoms with Gasteiger partial charge in [0.05, 0.1) is 40.0 Å². The normalized spacial score (nSPS) is 14.5. The van der Waals surface area contributed by atoms with Crippen LogP contribution in [0.15, 0.2) is 89.1 Å². The fourth-order valence-corrected chi connectivity index (χ4v) is 5.27. The maximum absolute atomic E-state index is 13.6. The number of alkyl halides is 3. The fourth-order valence-electron chi connectivity index (χ4n) is 5.27. The molecule has 2 aromatic heterocycles. The van der Waals surface area contributed by atoms with Crippen molar-refractivity contribution in [1.29, 1.82) is 5.26 Å². The number of hydrogen-bond acceptors (Lipinski definition) is 9. The van der Waals surface area contributed by atoms with Crippen molar-refractivity contribution in [1.82, 2.24) is 14.8 Å². The van der Waals surface area contributed by atoms with E-state index in [1.54, 1.807) is 25.1 Å². The van der Waals surface area contributed by atoms with E-state index < -0.39 is 39.6 Å². The highest BCUT2D eigenvalue weighted by Gasteiger charge is 2.41. The summed E-state index contributed by atoms with van der Waals surface area (Å²) in [5.41, 5.74) is 0.490. The molecule has 246 valence electrons. The predicted octanol–water partition coefficient (Wildman–Crippen LogP) is 3.73. The number of benzene rings is 2. The first-order valence-corrected chi connectivity index (χ1v) is 15.8. The Balaban J connectivity index is 0.000000930. The Morgan fingerprint density at radius 3 is 2.45 bits per heavy atom. The minimum atomic E-state index is -4.61. The molecule has 1 atom stereocenters. The summed E-state index contributed by atoms with van der Waals surface area (Å²) in [6.07, 6.45) is 1.06. The minimum Gasteiger partial charge on any atom is -0.748 e. The molecule has 2 aromatic carbocycles. The molecule has 0 saturated heterocycles. The number of nitrogens with one attached hydrogen (secondary N) is 1. The van der Waals surface area contributed by atoms with E-state index in [0.717, 1.165) is 17.7 Å². The fraction of sp³-hybridized carbons (Fsp3) is 0.258. The molecular formula is C31H29F3N6O6S. The van der Waals surface area contributed by atoms with E-state index in [1.807, 2.05) is 35.2 Å². The molecule has 0 amide bonds. The summed E-state index contributed by atoms with van der Waals surface area (Å²) in [6.45, 7) is 2.25. The van der Waals surface area contributed by atoms with Crippen molar-refractivity contribution in [2.24, 2.45) is 0 Å². The van der Waals surface area contributed by atoms with Crippen molar-refractivity contribution >= 4 is 27.7 Å². The number of H-pyrrole nitrogens is 1. The zero-order chi connectivity index (χ0) is 34.5. The number of nitrogens with zero attached hydrogens (tertiary/aromatic N) is 5. The number of aromatic amines is 1. The molecule has 16 heteroatoms. The highest BCUT2D eigenvalue weighted by Crippen LogP contribution is 2.43. The lowest BCUT2D eigenvalue weighted by Crippen LogP contribution is -2.38. The molecule has 1 aliphatic rings. The lowest BCUT2D eigenvalue weighted by Gasteiger charge is -2.36. The summed E-state index contributed by atoms with van der Waals surface area (Å²) in [5.74, 6) is -0.756. The van der Waals surface area contributed by atoms with Gasteiger partial charge in [0, 0.05) is 36.2 Å². The van der Waals surface area contributed by atoms with E-state index in [2.05, 4.69) is 16.3 Å². The van der Waals surface area contributed by atoms with Gasteiger partial charge >= 0.3 is 17.8 Å². The van der Waals surface area contributed by atoms with Crippen LogP contribution in [0.1, 0.15) is 41.6 Å². The average molecular weight is 671 g/mol. The highest BCUT2D eigenvalue weighted by molar-refractivity contribution is 7.84. The standard InChI is InChI=1S/C30H25F3N6O3.CH4O3S/c1-19-25(27(40)42-2)26(24-12-11-20(18-34)16-21(24)8-7-15-37-13-4-3-5-14-37)39-28(35-36-29(39)41)38(19)23-10-6-9-22(17-23)30(31,32)33;1-5(2,3)4/h3-6,9-14,16-17,26H,7-8,15H2,1-2H3;1H3,(H,2,3,4). The van der Waals surface area contributed by atoms with Gasteiger partial charge in [0.25, 0.3) is 0 Å². The van der Waals surface area contributed by atoms with Gasteiger partial charge in [0.15, 0.2) is 12.4 Å². The summed E-state index contributed by atoms with van der Waals surface area (Å²) in [7, 11) is -2.72. The Kier molecular flexibility index (Phi) is 10.3. The van der Waals surface area contributed by atoms with Crippen LogP contribution < -0.4 is 15.2 Å². The quantitative estimate of drug-likeness (QED) is 0.175. The number of hydrogen-bond donors (Lipinski definition) is 1. The number of nitriles is 1. The van der Waals surface area contributed by atoms with Crippen LogP contribution in [0.4, 0.5) is 24.8 Å². The molecular weight excluding hydrogens is 641 g/mol. The number of aromatic nitrogens is 4. The van der Waals surface area contributed by atoms with Crippen LogP contribution in [-0.2, 0) is 38.8 Å². The van der Waals surface area contributed by atoms with Crippen molar-refractivity contribution in [3.05, 3.63) is 117 Å². The van der Waals surface area contributed by atoms with Crippen molar-refractivity contribution in [2.75, 3.05) is 18.3 Å². The van der Waals surface area contributed by atoms with Gasteiger partial charge in [-0.15, -0.1) is 5.10 Å². The monoisotopic (exact) mass is 670 g/mol. The number of methoxy groups -OCH3 is 1. The number of rotatable bonds is 7. The Morgan fingerprint density at radius 1 is 1.15 bits per heavy atom. The van der Waals surface area contributed by atoms with E-state index in [1.165, 1.54) is 28.7 Å². The maximum Gasteiger partial charge on any atom is 0.416 e. The molecule has 0 saturated carbocycles. The summed E-state index contributed by atoms with van der Waals surface area (Å²) in [6, 6.07) is 16.4. The number of fused-ring (bicyclic) bond motifs is 1. The maximum atomic E-state index is 13.6. The topological polar surface area (TPSA) is 165 Å². The second-order valence-corrected chi connectivity index (χ2v) is 11.8. The van der Waals surface area contributed by atoms with Crippen LogP contribution in [0.5, 0.6) is 0 Å². The zero-order valence-electron chi connectivity index (χ0n) is 25.4. The molecule has 0 radical (unpaired) electrons. The summed E-state index contributed by atoms with van der Waals surface area (Å²) in [5, 5.41) is 16.1. The molecule has 0 fully saturated rings. The van der Waals surface area contributed by atoms with Gasteiger partial charge in [-0.1, -0.05) is 18.2 Å². The van der Waals surface area contributed by atoms with Crippen molar-refractivity contribution in [3.63, 3.8) is 0 Å². The van der Waals surface area contributed by atoms with Gasteiger partial charge in [0.2, 0.25) is 5.95 Å². The van der Waals surface area contributed by atoms with Gasteiger partial charge in [0.1, 0.15) is 12.6 Å². The van der Waals surface area contributed by atoms with Gasteiger partial charge in [-0.05, 0) is 54.8 Å². The Morgan fingerprint density at radius 2 is 1.83 bits per heavy atom. The van der Waals surface area contributed by atoms with Crippen LogP contribution in [0.2, 0.25) is 0 Å². The molecule has 0 bridgehead atoms. The minimum absolute atomic E-state index is 0.00429. The smallest absolute Gasteiger partial charge is 0.416 e. The lowest BCUT2D eigenvalue weighted by atomic mass is 9.88. The van der Waals surface area contributed by atoms with Crippen molar-refractivity contribution in [2.45, 2.75) is 38.5 Å². The number of pyridine rings is 1.